The number of ketones is 1. The fourth-order valence-corrected chi connectivity index (χ4v) is 3.86. The van der Waals surface area contributed by atoms with Crippen LogP contribution in [0.2, 0.25) is 5.02 Å². The van der Waals surface area contributed by atoms with Gasteiger partial charge in [0.15, 0.2) is 12.4 Å². The van der Waals surface area contributed by atoms with Gasteiger partial charge in [-0.15, -0.1) is 0 Å². The van der Waals surface area contributed by atoms with Gasteiger partial charge in [0.1, 0.15) is 0 Å². The Labute approximate surface area is 179 Å². The summed E-state index contributed by atoms with van der Waals surface area (Å²) in [5.74, 6) is -1.22. The molecule has 0 fully saturated rings. The van der Waals surface area contributed by atoms with E-state index in [1.165, 1.54) is 30.3 Å². The van der Waals surface area contributed by atoms with Crippen molar-refractivity contribution in [1.82, 2.24) is 4.72 Å². The maximum Gasteiger partial charge on any atom is 0.338 e. The molecule has 0 saturated carbocycles. The lowest BCUT2D eigenvalue weighted by atomic mass is 10.1. The van der Waals surface area contributed by atoms with Crippen LogP contribution in [0.25, 0.3) is 0 Å². The van der Waals surface area contributed by atoms with Crippen molar-refractivity contribution in [1.29, 1.82) is 0 Å². The topological polar surface area (TPSA) is 89.5 Å². The Morgan fingerprint density at radius 2 is 1.57 bits per heavy atom. The number of Topliss-reactive ketones (excluding diaryl/α,β-unsaturated/α-hetero) is 1. The van der Waals surface area contributed by atoms with Gasteiger partial charge in [0.25, 0.3) is 0 Å². The summed E-state index contributed by atoms with van der Waals surface area (Å²) >= 11 is 5.85. The van der Waals surface area contributed by atoms with Crippen molar-refractivity contribution in [2.45, 2.75) is 11.4 Å². The van der Waals surface area contributed by atoms with Crippen molar-refractivity contribution in [3.8, 4) is 0 Å². The largest absolute Gasteiger partial charge is 0.454 e. The van der Waals surface area contributed by atoms with E-state index in [0.717, 1.165) is 5.56 Å². The summed E-state index contributed by atoms with van der Waals surface area (Å²) < 4.78 is 32.6. The molecule has 0 aliphatic carbocycles. The Balaban J connectivity index is 1.65. The Morgan fingerprint density at radius 3 is 2.30 bits per heavy atom. The number of ether oxygens (including phenoxy) is 1. The molecule has 0 spiro atoms. The molecule has 8 heteroatoms. The van der Waals surface area contributed by atoms with Crippen molar-refractivity contribution in [2.75, 3.05) is 6.61 Å². The molecule has 154 valence electrons. The molecular weight excluding hydrogens is 426 g/mol. The lowest BCUT2D eigenvalue weighted by molar-refractivity contribution is 0.0474. The van der Waals surface area contributed by atoms with Crippen LogP contribution in [0.4, 0.5) is 0 Å². The number of benzene rings is 3. The van der Waals surface area contributed by atoms with Gasteiger partial charge in [0.05, 0.1) is 10.5 Å². The third-order valence-electron chi connectivity index (χ3n) is 4.17. The molecule has 0 aromatic heterocycles. The highest BCUT2D eigenvalue weighted by atomic mass is 35.5. The van der Waals surface area contributed by atoms with Crippen LogP contribution in [0.5, 0.6) is 0 Å². The lowest BCUT2D eigenvalue weighted by Gasteiger charge is -2.09. The fraction of sp³-hybridized carbons (Fsp3) is 0.0909. The van der Waals surface area contributed by atoms with Gasteiger partial charge in [0.2, 0.25) is 10.0 Å². The van der Waals surface area contributed by atoms with E-state index in [0.29, 0.717) is 10.6 Å². The van der Waals surface area contributed by atoms with E-state index < -0.39 is 28.4 Å². The highest BCUT2D eigenvalue weighted by Crippen LogP contribution is 2.15. The predicted octanol–water partition coefficient (Wildman–Crippen LogP) is 3.86. The fourth-order valence-electron chi connectivity index (χ4n) is 2.61. The number of carbonyl (C=O) groups excluding carboxylic acids is 2. The molecule has 3 aromatic rings. The van der Waals surface area contributed by atoms with E-state index in [1.807, 2.05) is 18.2 Å². The molecule has 0 atom stereocenters. The first-order valence-corrected chi connectivity index (χ1v) is 10.8. The molecule has 0 amide bonds. The molecule has 6 nitrogen and oxygen atoms in total. The van der Waals surface area contributed by atoms with Gasteiger partial charge < -0.3 is 4.74 Å². The molecule has 30 heavy (non-hydrogen) atoms. The third-order valence-corrected chi connectivity index (χ3v) is 5.80. The SMILES string of the molecule is O=C(COC(=O)c1cccc(S(=O)(=O)NCc2ccccc2)c1)c1cccc(Cl)c1. The van der Waals surface area contributed by atoms with Gasteiger partial charge in [0, 0.05) is 17.1 Å². The Kier molecular flexibility index (Phi) is 6.99. The second-order valence-electron chi connectivity index (χ2n) is 6.35. The van der Waals surface area contributed by atoms with E-state index in [9.17, 15) is 18.0 Å². The summed E-state index contributed by atoms with van der Waals surface area (Å²) in [6, 6.07) is 20.8. The van der Waals surface area contributed by atoms with Crippen molar-refractivity contribution < 1.29 is 22.7 Å². The molecular formula is C22H18ClNO5S. The predicted molar refractivity (Wildman–Crippen MR) is 113 cm³/mol. The molecule has 1 N–H and O–H groups in total. The minimum Gasteiger partial charge on any atom is -0.454 e. The monoisotopic (exact) mass is 443 g/mol. The maximum absolute atomic E-state index is 12.5. The first-order valence-electron chi connectivity index (χ1n) is 8.95. The van der Waals surface area contributed by atoms with Gasteiger partial charge in [-0.2, -0.15) is 0 Å². The number of hydrogen-bond donors (Lipinski definition) is 1. The highest BCUT2D eigenvalue weighted by Gasteiger charge is 2.18. The van der Waals surface area contributed by atoms with Crippen molar-refractivity contribution in [3.05, 3.63) is 101 Å². The van der Waals surface area contributed by atoms with E-state index in [1.54, 1.807) is 30.3 Å². The molecule has 0 unspecified atom stereocenters. The van der Waals surface area contributed by atoms with Gasteiger partial charge in [-0.05, 0) is 35.9 Å². The normalized spacial score (nSPS) is 11.1. The average Bonchev–Trinajstić information content (AvgIpc) is 2.76. The zero-order valence-corrected chi connectivity index (χ0v) is 17.3. The van der Waals surface area contributed by atoms with Crippen LogP contribution in [0.1, 0.15) is 26.3 Å². The molecule has 0 heterocycles. The molecule has 0 radical (unpaired) electrons. The Hall–Kier alpha value is -3.00. The van der Waals surface area contributed by atoms with Crippen LogP contribution in [0.15, 0.2) is 83.8 Å². The molecule has 3 aromatic carbocycles. The highest BCUT2D eigenvalue weighted by molar-refractivity contribution is 7.89. The van der Waals surface area contributed by atoms with Crippen LogP contribution >= 0.6 is 11.6 Å². The summed E-state index contributed by atoms with van der Waals surface area (Å²) in [4.78, 5) is 24.4. The number of esters is 1. The standard InChI is InChI=1S/C22H18ClNO5S/c23-19-10-4-8-17(12-19)21(25)15-29-22(26)18-9-5-11-20(13-18)30(27,28)24-14-16-6-2-1-3-7-16/h1-13,24H,14-15H2. The van der Waals surface area contributed by atoms with Crippen molar-refractivity contribution in [2.24, 2.45) is 0 Å². The maximum atomic E-state index is 12.5. The van der Waals surface area contributed by atoms with E-state index in [-0.39, 0.29) is 17.0 Å². The zero-order valence-electron chi connectivity index (χ0n) is 15.7. The van der Waals surface area contributed by atoms with E-state index in [2.05, 4.69) is 4.72 Å². The number of nitrogens with one attached hydrogen (secondary N) is 1. The smallest absolute Gasteiger partial charge is 0.338 e. The molecule has 3 rings (SSSR count). The quantitative estimate of drug-likeness (QED) is 0.422. The van der Waals surface area contributed by atoms with Crippen LogP contribution in [0, 0.1) is 0 Å². The van der Waals surface area contributed by atoms with Gasteiger partial charge in [-0.25, -0.2) is 17.9 Å². The summed E-state index contributed by atoms with van der Waals surface area (Å²) in [6.07, 6.45) is 0. The Bertz CT molecular complexity index is 1160. The summed E-state index contributed by atoms with van der Waals surface area (Å²) in [6.45, 7) is -0.367. The molecule has 0 aliphatic rings. The van der Waals surface area contributed by atoms with Crippen molar-refractivity contribution in [3.63, 3.8) is 0 Å². The van der Waals surface area contributed by atoms with Gasteiger partial charge in [-0.3, -0.25) is 4.79 Å². The minimum absolute atomic E-state index is 0.0245. The average molecular weight is 444 g/mol. The number of sulfonamides is 1. The number of carbonyl (C=O) groups is 2. The summed E-state index contributed by atoms with van der Waals surface area (Å²) in [7, 11) is -3.83. The zero-order chi connectivity index (χ0) is 21.6. The second kappa shape index (κ2) is 9.67. The minimum atomic E-state index is -3.83. The first kappa shape index (κ1) is 21.7. The van der Waals surface area contributed by atoms with Crippen LogP contribution in [0.3, 0.4) is 0 Å². The summed E-state index contributed by atoms with van der Waals surface area (Å²) in [5, 5.41) is 0.396. The number of halogens is 1. The molecule has 0 saturated heterocycles. The van der Waals surface area contributed by atoms with Crippen molar-refractivity contribution >= 4 is 33.4 Å². The van der Waals surface area contributed by atoms with Crippen LogP contribution in [-0.2, 0) is 21.3 Å². The second-order valence-corrected chi connectivity index (χ2v) is 8.55. The summed E-state index contributed by atoms with van der Waals surface area (Å²) in [5.41, 5.74) is 1.14. The van der Waals surface area contributed by atoms with E-state index >= 15 is 0 Å². The van der Waals surface area contributed by atoms with E-state index in [4.69, 9.17) is 16.3 Å². The lowest BCUT2D eigenvalue weighted by Crippen LogP contribution is -2.23. The van der Waals surface area contributed by atoms with Gasteiger partial charge in [-0.1, -0.05) is 60.1 Å². The van der Waals surface area contributed by atoms with Crippen LogP contribution in [-0.4, -0.2) is 26.8 Å². The molecule has 0 aliphatic heterocycles. The first-order chi connectivity index (χ1) is 14.3. The van der Waals surface area contributed by atoms with Gasteiger partial charge >= 0.3 is 5.97 Å². The van der Waals surface area contributed by atoms with Crippen LogP contribution < -0.4 is 4.72 Å². The Morgan fingerprint density at radius 1 is 0.867 bits per heavy atom. The molecule has 0 bridgehead atoms. The third kappa shape index (κ3) is 5.76. The number of hydrogen-bond acceptors (Lipinski definition) is 5. The number of rotatable bonds is 8.